The minimum absolute atomic E-state index is 0.104. The number of nitrogens with one attached hydrogen (secondary N) is 1. The van der Waals surface area contributed by atoms with E-state index in [0.717, 1.165) is 37.0 Å². The molecule has 4 rings (SSSR count). The van der Waals surface area contributed by atoms with Crippen LogP contribution in [-0.2, 0) is 4.79 Å². The number of para-hydroxylation sites is 2. The predicted molar refractivity (Wildman–Crippen MR) is 107 cm³/mol. The highest BCUT2D eigenvalue weighted by Gasteiger charge is 2.32. The number of amides is 1. The molecule has 2 aromatic rings. The molecule has 2 heterocycles. The number of hydrogen-bond acceptors (Lipinski definition) is 7. The highest BCUT2D eigenvalue weighted by Crippen LogP contribution is 2.41. The minimum atomic E-state index is -0.498. The summed E-state index contributed by atoms with van der Waals surface area (Å²) in [6.07, 6.45) is 4.90. The summed E-state index contributed by atoms with van der Waals surface area (Å²) in [5, 5.41) is 23.3. The normalized spacial score (nSPS) is 16.4. The number of nitrogens with zero attached hydrogens (tertiary/aromatic N) is 5. The maximum absolute atomic E-state index is 12.2. The molecule has 1 N–H and O–H groups in total. The molecule has 1 aliphatic carbocycles. The van der Waals surface area contributed by atoms with Gasteiger partial charge in [-0.3, -0.25) is 19.5 Å². The van der Waals surface area contributed by atoms with Gasteiger partial charge in [-0.05, 0) is 31.7 Å². The Morgan fingerprint density at radius 2 is 2.00 bits per heavy atom. The Hall–Kier alpha value is -2.62. The van der Waals surface area contributed by atoms with E-state index in [0.29, 0.717) is 11.8 Å². The SMILES string of the molecule is O=C(CCSc1nnc(N2CCCC2)n1C1CC1)Nc1ccccc1[N+](=O)[O-]. The van der Waals surface area contributed by atoms with Gasteiger partial charge in [-0.1, -0.05) is 23.9 Å². The first-order chi connectivity index (χ1) is 13.6. The summed E-state index contributed by atoms with van der Waals surface area (Å²) in [5.74, 6) is 1.24. The van der Waals surface area contributed by atoms with Gasteiger partial charge in [-0.15, -0.1) is 10.2 Å². The van der Waals surface area contributed by atoms with Crippen molar-refractivity contribution in [3.05, 3.63) is 34.4 Å². The number of rotatable bonds is 8. The van der Waals surface area contributed by atoms with Crippen molar-refractivity contribution in [3.8, 4) is 0 Å². The van der Waals surface area contributed by atoms with Crippen molar-refractivity contribution in [3.63, 3.8) is 0 Å². The van der Waals surface area contributed by atoms with Gasteiger partial charge in [0.2, 0.25) is 11.9 Å². The lowest BCUT2D eigenvalue weighted by Crippen LogP contribution is -2.22. The molecule has 2 fully saturated rings. The molecule has 1 amide bonds. The number of aromatic nitrogens is 3. The molecule has 0 spiro atoms. The second-order valence-electron chi connectivity index (χ2n) is 7.00. The molecular weight excluding hydrogens is 380 g/mol. The Bertz CT molecular complexity index is 876. The quantitative estimate of drug-likeness (QED) is 0.410. The van der Waals surface area contributed by atoms with Crippen molar-refractivity contribution in [1.29, 1.82) is 0 Å². The Labute approximate surface area is 166 Å². The van der Waals surface area contributed by atoms with Crippen LogP contribution in [0.1, 0.15) is 38.1 Å². The third kappa shape index (κ3) is 4.11. The number of benzene rings is 1. The van der Waals surface area contributed by atoms with E-state index in [-0.39, 0.29) is 23.7 Å². The van der Waals surface area contributed by atoms with E-state index in [1.54, 1.807) is 12.1 Å². The maximum Gasteiger partial charge on any atom is 0.292 e. The summed E-state index contributed by atoms with van der Waals surface area (Å²) >= 11 is 1.51. The summed E-state index contributed by atoms with van der Waals surface area (Å²) in [7, 11) is 0. The van der Waals surface area contributed by atoms with Crippen LogP contribution >= 0.6 is 11.8 Å². The van der Waals surface area contributed by atoms with Gasteiger partial charge >= 0.3 is 0 Å². The molecule has 0 unspecified atom stereocenters. The van der Waals surface area contributed by atoms with Gasteiger partial charge in [0.05, 0.1) is 4.92 Å². The first-order valence-electron chi connectivity index (χ1n) is 9.49. The molecular formula is C18H22N6O3S. The van der Waals surface area contributed by atoms with E-state index in [1.807, 2.05) is 0 Å². The molecule has 9 nitrogen and oxygen atoms in total. The Balaban J connectivity index is 1.35. The summed E-state index contributed by atoms with van der Waals surface area (Å²) in [6, 6.07) is 6.62. The molecule has 1 aromatic carbocycles. The van der Waals surface area contributed by atoms with Crippen LogP contribution in [0.2, 0.25) is 0 Å². The van der Waals surface area contributed by atoms with Gasteiger partial charge in [-0.2, -0.15) is 0 Å². The molecule has 28 heavy (non-hydrogen) atoms. The number of nitro benzene ring substituents is 1. The molecule has 1 aromatic heterocycles. The second-order valence-corrected chi connectivity index (χ2v) is 8.06. The number of nitro groups is 1. The fraction of sp³-hybridized carbons (Fsp3) is 0.500. The zero-order valence-corrected chi connectivity index (χ0v) is 16.2. The van der Waals surface area contributed by atoms with Crippen LogP contribution in [0.3, 0.4) is 0 Å². The largest absolute Gasteiger partial charge is 0.341 e. The van der Waals surface area contributed by atoms with Gasteiger partial charge in [0.1, 0.15) is 5.69 Å². The molecule has 0 atom stereocenters. The average Bonchev–Trinajstić information content (AvgIpc) is 3.20. The smallest absolute Gasteiger partial charge is 0.292 e. The van der Waals surface area contributed by atoms with Crippen LogP contribution in [0.4, 0.5) is 17.3 Å². The van der Waals surface area contributed by atoms with Crippen molar-refractivity contribution >= 4 is 35.0 Å². The number of carbonyl (C=O) groups is 1. The zero-order chi connectivity index (χ0) is 19.5. The predicted octanol–water partition coefficient (Wildman–Crippen LogP) is 3.24. The minimum Gasteiger partial charge on any atom is -0.341 e. The van der Waals surface area contributed by atoms with Crippen LogP contribution in [0, 0.1) is 10.1 Å². The van der Waals surface area contributed by atoms with Crippen LogP contribution < -0.4 is 10.2 Å². The lowest BCUT2D eigenvalue weighted by Gasteiger charge is -2.17. The topological polar surface area (TPSA) is 106 Å². The molecule has 1 saturated carbocycles. The van der Waals surface area contributed by atoms with Crippen LogP contribution in [0.15, 0.2) is 29.4 Å². The van der Waals surface area contributed by atoms with Gasteiger partial charge in [0, 0.05) is 37.4 Å². The van der Waals surface area contributed by atoms with Crippen LogP contribution in [0.25, 0.3) is 0 Å². The number of anilines is 2. The molecule has 2 aliphatic rings. The first-order valence-corrected chi connectivity index (χ1v) is 10.5. The average molecular weight is 402 g/mol. The molecule has 0 radical (unpaired) electrons. The standard InChI is InChI=1S/C18H22N6O3S/c25-16(19-14-5-1-2-6-15(14)24(26)27)9-12-28-18-21-20-17(22-10-3-4-11-22)23(18)13-7-8-13/h1-2,5-6,13H,3-4,7-12H2,(H,19,25). The first kappa shape index (κ1) is 18.7. The van der Waals surface area contributed by atoms with E-state index in [2.05, 4.69) is 25.0 Å². The molecule has 148 valence electrons. The fourth-order valence-electron chi connectivity index (χ4n) is 3.34. The monoisotopic (exact) mass is 402 g/mol. The summed E-state index contributed by atoms with van der Waals surface area (Å²) in [6.45, 7) is 2.04. The molecule has 10 heteroatoms. The maximum atomic E-state index is 12.2. The van der Waals surface area contributed by atoms with Gasteiger partial charge in [0.15, 0.2) is 5.16 Å². The van der Waals surface area contributed by atoms with Crippen LogP contribution in [0.5, 0.6) is 0 Å². The zero-order valence-electron chi connectivity index (χ0n) is 15.4. The lowest BCUT2D eigenvalue weighted by molar-refractivity contribution is -0.383. The lowest BCUT2D eigenvalue weighted by atomic mass is 10.2. The fourth-order valence-corrected chi connectivity index (χ4v) is 4.28. The van der Waals surface area contributed by atoms with E-state index in [1.165, 1.54) is 36.7 Å². The van der Waals surface area contributed by atoms with E-state index in [4.69, 9.17) is 0 Å². The summed E-state index contributed by atoms with van der Waals surface area (Å²) in [5.41, 5.74) is 0.118. The highest BCUT2D eigenvalue weighted by molar-refractivity contribution is 7.99. The number of hydrogen-bond donors (Lipinski definition) is 1. The summed E-state index contributed by atoms with van der Waals surface area (Å²) in [4.78, 5) is 25.1. The van der Waals surface area contributed by atoms with Crippen molar-refractivity contribution in [1.82, 2.24) is 14.8 Å². The number of carbonyl (C=O) groups excluding carboxylic acids is 1. The molecule has 0 bridgehead atoms. The van der Waals surface area contributed by atoms with Crippen molar-refractivity contribution in [2.75, 3.05) is 29.1 Å². The van der Waals surface area contributed by atoms with Crippen molar-refractivity contribution in [2.24, 2.45) is 0 Å². The van der Waals surface area contributed by atoms with Gasteiger partial charge in [-0.25, -0.2) is 0 Å². The summed E-state index contributed by atoms with van der Waals surface area (Å²) < 4.78 is 2.22. The third-order valence-corrected chi connectivity index (χ3v) is 5.83. The second kappa shape index (κ2) is 8.17. The van der Waals surface area contributed by atoms with Crippen molar-refractivity contribution in [2.45, 2.75) is 43.3 Å². The highest BCUT2D eigenvalue weighted by atomic mass is 32.2. The third-order valence-electron chi connectivity index (χ3n) is 4.88. The number of thioether (sulfide) groups is 1. The van der Waals surface area contributed by atoms with Crippen molar-refractivity contribution < 1.29 is 9.72 Å². The van der Waals surface area contributed by atoms with E-state index in [9.17, 15) is 14.9 Å². The Kier molecular flexibility index (Phi) is 5.47. The van der Waals surface area contributed by atoms with E-state index < -0.39 is 4.92 Å². The Morgan fingerprint density at radius 3 is 2.71 bits per heavy atom. The van der Waals surface area contributed by atoms with E-state index >= 15 is 0 Å². The Morgan fingerprint density at radius 1 is 1.25 bits per heavy atom. The van der Waals surface area contributed by atoms with Gasteiger partial charge < -0.3 is 10.2 Å². The molecule has 1 aliphatic heterocycles. The molecule has 1 saturated heterocycles. The van der Waals surface area contributed by atoms with Gasteiger partial charge in [0.25, 0.3) is 5.69 Å². The van der Waals surface area contributed by atoms with Crippen LogP contribution in [-0.4, -0.2) is 44.4 Å².